The van der Waals surface area contributed by atoms with Crippen LogP contribution in [0, 0.1) is 10.1 Å². The lowest BCUT2D eigenvalue weighted by Gasteiger charge is -2.13. The summed E-state index contributed by atoms with van der Waals surface area (Å²) in [5.41, 5.74) is 2.12. The predicted octanol–water partition coefficient (Wildman–Crippen LogP) is 4.03. The molecule has 0 bridgehead atoms. The Hall–Kier alpha value is -1.43. The quantitative estimate of drug-likeness (QED) is 0.647. The third-order valence-corrected chi connectivity index (χ3v) is 4.04. The minimum Gasteiger partial charge on any atom is -0.310 e. The van der Waals surface area contributed by atoms with Gasteiger partial charge in [-0.1, -0.05) is 17.7 Å². The van der Waals surface area contributed by atoms with Gasteiger partial charge in [-0.15, -0.1) is 0 Å². The first-order valence-electron chi connectivity index (χ1n) is 6.23. The molecule has 106 valence electrons. The van der Waals surface area contributed by atoms with Crippen molar-refractivity contribution < 1.29 is 4.92 Å². The average molecular weight is 311 g/mol. The van der Waals surface area contributed by atoms with Crippen molar-refractivity contribution in [2.45, 2.75) is 25.9 Å². The molecule has 1 aromatic carbocycles. The maximum atomic E-state index is 10.8. The lowest BCUT2D eigenvalue weighted by molar-refractivity contribution is -0.384. The first-order valence-corrected chi connectivity index (χ1v) is 7.55. The zero-order valence-corrected chi connectivity index (χ0v) is 12.6. The minimum absolute atomic E-state index is 0.0449. The van der Waals surface area contributed by atoms with Gasteiger partial charge in [-0.2, -0.15) is 11.3 Å². The second kappa shape index (κ2) is 6.83. The summed E-state index contributed by atoms with van der Waals surface area (Å²) in [5, 5.41) is 18.5. The Labute approximate surface area is 126 Å². The van der Waals surface area contributed by atoms with E-state index in [9.17, 15) is 10.1 Å². The molecule has 4 nitrogen and oxygen atoms in total. The molecular formula is C14H15ClN2O2S. The summed E-state index contributed by atoms with van der Waals surface area (Å²) in [5.74, 6) is 0. The highest BCUT2D eigenvalue weighted by Crippen LogP contribution is 2.25. The molecule has 0 aliphatic rings. The SMILES string of the molecule is CC(Cc1ccsc1)NCc1ccc(Cl)c([N+](=O)[O-])c1. The van der Waals surface area contributed by atoms with Crippen molar-refractivity contribution >= 4 is 28.6 Å². The van der Waals surface area contributed by atoms with Crippen LogP contribution in [0.4, 0.5) is 5.69 Å². The molecule has 0 saturated heterocycles. The molecule has 20 heavy (non-hydrogen) atoms. The number of hydrogen-bond acceptors (Lipinski definition) is 4. The molecule has 0 fully saturated rings. The van der Waals surface area contributed by atoms with E-state index in [1.54, 1.807) is 23.5 Å². The Kier molecular flexibility index (Phi) is 5.11. The van der Waals surface area contributed by atoms with Crippen LogP contribution in [0.15, 0.2) is 35.0 Å². The van der Waals surface area contributed by atoms with Gasteiger partial charge in [-0.3, -0.25) is 10.1 Å². The zero-order chi connectivity index (χ0) is 14.5. The topological polar surface area (TPSA) is 55.2 Å². The van der Waals surface area contributed by atoms with E-state index in [0.717, 1.165) is 12.0 Å². The summed E-state index contributed by atoms with van der Waals surface area (Å²) in [7, 11) is 0. The molecule has 1 aromatic heterocycles. The van der Waals surface area contributed by atoms with Gasteiger partial charge in [-0.25, -0.2) is 0 Å². The van der Waals surface area contributed by atoms with Crippen molar-refractivity contribution in [1.82, 2.24) is 5.32 Å². The van der Waals surface area contributed by atoms with Crippen LogP contribution in [0.25, 0.3) is 0 Å². The Balaban J connectivity index is 1.93. The van der Waals surface area contributed by atoms with Crippen molar-refractivity contribution in [1.29, 1.82) is 0 Å². The summed E-state index contributed by atoms with van der Waals surface area (Å²) in [6.07, 6.45) is 0.944. The smallest absolute Gasteiger partial charge is 0.288 e. The number of benzene rings is 1. The third kappa shape index (κ3) is 4.03. The Morgan fingerprint density at radius 2 is 2.20 bits per heavy atom. The molecule has 1 heterocycles. The van der Waals surface area contributed by atoms with Gasteiger partial charge in [0, 0.05) is 18.7 Å². The van der Waals surface area contributed by atoms with E-state index in [0.29, 0.717) is 12.6 Å². The molecule has 0 saturated carbocycles. The summed E-state index contributed by atoms with van der Waals surface area (Å²) < 4.78 is 0. The monoisotopic (exact) mass is 310 g/mol. The number of rotatable bonds is 6. The molecule has 1 unspecified atom stereocenters. The summed E-state index contributed by atoms with van der Waals surface area (Å²) in [4.78, 5) is 10.4. The molecule has 0 radical (unpaired) electrons. The van der Waals surface area contributed by atoms with Gasteiger partial charge in [0.15, 0.2) is 0 Å². The second-order valence-corrected chi connectivity index (χ2v) is 5.85. The minimum atomic E-state index is -0.458. The highest BCUT2D eigenvalue weighted by Gasteiger charge is 2.13. The van der Waals surface area contributed by atoms with Gasteiger partial charge in [0.2, 0.25) is 0 Å². The fraction of sp³-hybridized carbons (Fsp3) is 0.286. The molecular weight excluding hydrogens is 296 g/mol. The molecule has 2 rings (SSSR count). The fourth-order valence-corrected chi connectivity index (χ4v) is 2.80. The van der Waals surface area contributed by atoms with Crippen LogP contribution in [0.3, 0.4) is 0 Å². The first kappa shape index (κ1) is 15.0. The Morgan fingerprint density at radius 3 is 2.85 bits per heavy atom. The van der Waals surface area contributed by atoms with Gasteiger partial charge in [-0.05, 0) is 47.4 Å². The van der Waals surface area contributed by atoms with Crippen LogP contribution >= 0.6 is 22.9 Å². The van der Waals surface area contributed by atoms with E-state index in [-0.39, 0.29) is 10.7 Å². The van der Waals surface area contributed by atoms with E-state index >= 15 is 0 Å². The molecule has 0 aliphatic carbocycles. The van der Waals surface area contributed by atoms with Crippen LogP contribution in [0.2, 0.25) is 5.02 Å². The van der Waals surface area contributed by atoms with Crippen LogP contribution in [-0.4, -0.2) is 11.0 Å². The van der Waals surface area contributed by atoms with E-state index in [2.05, 4.69) is 29.1 Å². The first-order chi connectivity index (χ1) is 9.56. The Bertz CT molecular complexity index is 587. The molecule has 1 N–H and O–H groups in total. The highest BCUT2D eigenvalue weighted by atomic mass is 35.5. The standard InChI is InChI=1S/C14H15ClN2O2S/c1-10(6-12-4-5-20-9-12)16-8-11-2-3-13(15)14(7-11)17(18)19/h2-5,7,9-10,16H,6,8H2,1H3. The summed E-state index contributed by atoms with van der Waals surface area (Å²) in [6, 6.07) is 7.31. The molecule has 0 amide bonds. The maximum Gasteiger partial charge on any atom is 0.288 e. The summed E-state index contributed by atoms with van der Waals surface area (Å²) in [6.45, 7) is 2.69. The Morgan fingerprint density at radius 1 is 1.40 bits per heavy atom. The molecule has 0 aliphatic heterocycles. The van der Waals surface area contributed by atoms with Crippen LogP contribution in [-0.2, 0) is 13.0 Å². The number of nitro benzene ring substituents is 1. The number of hydrogen-bond donors (Lipinski definition) is 1. The molecule has 0 spiro atoms. The summed E-state index contributed by atoms with van der Waals surface area (Å²) >= 11 is 7.47. The van der Waals surface area contributed by atoms with E-state index < -0.39 is 4.92 Å². The van der Waals surface area contributed by atoms with Gasteiger partial charge in [0.25, 0.3) is 5.69 Å². The largest absolute Gasteiger partial charge is 0.310 e. The van der Waals surface area contributed by atoms with Crippen molar-refractivity contribution in [3.8, 4) is 0 Å². The molecule has 6 heteroatoms. The van der Waals surface area contributed by atoms with Gasteiger partial charge < -0.3 is 5.32 Å². The van der Waals surface area contributed by atoms with Crippen LogP contribution < -0.4 is 5.32 Å². The molecule has 1 atom stereocenters. The van der Waals surface area contributed by atoms with Crippen molar-refractivity contribution in [2.24, 2.45) is 0 Å². The number of nitrogens with one attached hydrogen (secondary N) is 1. The number of nitrogens with zero attached hydrogens (tertiary/aromatic N) is 1. The van der Waals surface area contributed by atoms with E-state index in [1.807, 2.05) is 0 Å². The normalized spacial score (nSPS) is 12.3. The second-order valence-electron chi connectivity index (χ2n) is 4.66. The highest BCUT2D eigenvalue weighted by molar-refractivity contribution is 7.07. The number of nitro groups is 1. The van der Waals surface area contributed by atoms with E-state index in [1.165, 1.54) is 11.6 Å². The van der Waals surface area contributed by atoms with Gasteiger partial charge in [0.1, 0.15) is 5.02 Å². The van der Waals surface area contributed by atoms with Gasteiger partial charge >= 0.3 is 0 Å². The number of thiophene rings is 1. The van der Waals surface area contributed by atoms with Crippen molar-refractivity contribution in [3.63, 3.8) is 0 Å². The number of halogens is 1. The zero-order valence-electron chi connectivity index (χ0n) is 11.0. The lowest BCUT2D eigenvalue weighted by atomic mass is 10.1. The van der Waals surface area contributed by atoms with Crippen molar-refractivity contribution in [3.05, 3.63) is 61.3 Å². The van der Waals surface area contributed by atoms with Crippen molar-refractivity contribution in [2.75, 3.05) is 0 Å². The fourth-order valence-electron chi connectivity index (χ4n) is 1.93. The lowest BCUT2D eigenvalue weighted by Crippen LogP contribution is -2.27. The van der Waals surface area contributed by atoms with Crippen LogP contribution in [0.1, 0.15) is 18.1 Å². The van der Waals surface area contributed by atoms with E-state index in [4.69, 9.17) is 11.6 Å². The molecule has 2 aromatic rings. The predicted molar refractivity (Wildman–Crippen MR) is 82.4 cm³/mol. The van der Waals surface area contributed by atoms with Crippen LogP contribution in [0.5, 0.6) is 0 Å². The third-order valence-electron chi connectivity index (χ3n) is 2.98. The van der Waals surface area contributed by atoms with Gasteiger partial charge in [0.05, 0.1) is 4.92 Å². The maximum absolute atomic E-state index is 10.8. The average Bonchev–Trinajstić information content (AvgIpc) is 2.90.